The van der Waals surface area contributed by atoms with Crippen molar-refractivity contribution in [2.45, 2.75) is 147 Å². The van der Waals surface area contributed by atoms with E-state index in [2.05, 4.69) is 135 Å². The number of methoxy groups -OCH3 is 1. The largest absolute Gasteiger partial charge is 0.504 e. The first-order chi connectivity index (χ1) is 45.7. The lowest BCUT2D eigenvalue weighted by Crippen LogP contribution is -2.57. The number of phenols is 1. The van der Waals surface area contributed by atoms with E-state index in [4.69, 9.17) is 16.2 Å². The fourth-order valence-corrected chi connectivity index (χ4v) is 21.6. The summed E-state index contributed by atoms with van der Waals surface area (Å²) in [6.45, 7) is 5.80. The molecule has 8 aliphatic rings. The molecule has 4 aromatic rings. The molecule has 14 nitrogen and oxygen atoms in total. The number of ether oxygens (including phenoxy) is 1. The van der Waals surface area contributed by atoms with Crippen molar-refractivity contribution in [2.75, 3.05) is 58.1 Å². The van der Waals surface area contributed by atoms with Crippen molar-refractivity contribution in [1.82, 2.24) is 26.6 Å². The highest BCUT2D eigenvalue weighted by atomic mass is 33.1. The molecule has 12 N–H and O–H groups in total. The highest BCUT2D eigenvalue weighted by Gasteiger charge is 2.66. The molecule has 4 saturated carbocycles. The Morgan fingerprint density at radius 1 is 0.872 bits per heavy atom. The van der Waals surface area contributed by atoms with Gasteiger partial charge in [-0.2, -0.15) is 0 Å². The monoisotopic (exact) mass is 1310 g/mol. The Kier molecular flexibility index (Phi) is 23.0. The maximum absolute atomic E-state index is 14.8. The van der Waals surface area contributed by atoms with Gasteiger partial charge in [0.05, 0.1) is 38.3 Å². The molecule has 1 unspecified atom stereocenters. The van der Waals surface area contributed by atoms with Crippen LogP contribution in [0.2, 0.25) is 0 Å². The number of phenolic OH excluding ortho intramolecular Hbond substituents is 1. The van der Waals surface area contributed by atoms with Crippen molar-refractivity contribution in [2.24, 2.45) is 80.6 Å². The zero-order valence-electron chi connectivity index (χ0n) is 55.5. The highest BCUT2D eigenvalue weighted by Crippen LogP contribution is 2.71. The Balaban J connectivity index is 0.790. The number of nitrogens with zero attached hydrogens (tertiary/aromatic N) is 1. The molecule has 4 heterocycles. The van der Waals surface area contributed by atoms with Crippen LogP contribution in [0.4, 0.5) is 0 Å². The van der Waals surface area contributed by atoms with E-state index in [0.29, 0.717) is 101 Å². The number of aliphatic hydroxyl groups excluding tert-OH is 2. The standard InChI is InChI=1S/C78H104N8O6S2/c1-50(88)43-83-73-42-77(41-68-66-25-28-81-44-61(66)32-57-17-10-27-82-75(57)68)39-55(21-23-72(77)78(73)26-24-58(40-78)69-46-85-76(80)86-49-94-93-48-63(69)30-52-13-7-4-8-14-52)31-64(89)37-65(90)34-62(47-87)67-38-71(92-2)70(91)35-59(67)33-60-45-84-74(79)36-56(60)22-20-54-16-9-15-53(29-54)19-18-51-11-5-3-6-12-51/h3-17,29,34-36,38,45,50,55,57-58,61,63,66,68-69,72-75,81-84,87-88,91H,18-28,30-33,37,39-44,46-49,79H2,1-2H3,(H3,80,85,86)/b62-34+/t50-,55+,57-,58+,61-,63-,66+,68-,69+,72+,73+,74?,75+,77-,78+/m0/s1. The average molecular weight is 1310 g/mol. The summed E-state index contributed by atoms with van der Waals surface area (Å²) in [5, 5.41) is 52.5. The number of allylic oxidation sites excluding steroid dienone is 3. The smallest absolute Gasteiger partial charge is 0.189 e. The van der Waals surface area contributed by atoms with Gasteiger partial charge in [-0.15, -0.1) is 0 Å². The van der Waals surface area contributed by atoms with E-state index < -0.39 is 12.7 Å². The van der Waals surface area contributed by atoms with E-state index in [-0.39, 0.29) is 58.4 Å². The van der Waals surface area contributed by atoms with Gasteiger partial charge in [-0.1, -0.05) is 119 Å². The summed E-state index contributed by atoms with van der Waals surface area (Å²) in [7, 11) is 5.23. The molecule has 94 heavy (non-hydrogen) atoms. The summed E-state index contributed by atoms with van der Waals surface area (Å²) in [5.74, 6) is 6.02. The van der Waals surface area contributed by atoms with Crippen molar-refractivity contribution >= 4 is 44.7 Å². The molecule has 1 saturated heterocycles. The second-order valence-electron chi connectivity index (χ2n) is 29.4. The number of aryl methyl sites for hydroxylation is 3. The molecule has 5 fully saturated rings. The number of aliphatic imine (C=N–C) groups is 1. The molecule has 12 rings (SSSR count). The number of aromatic hydroxyl groups is 1. The van der Waals surface area contributed by atoms with Gasteiger partial charge in [-0.05, 0) is 261 Å². The number of fused-ring (bicyclic) bond motifs is 4. The Hall–Kier alpha value is -5.69. The van der Waals surface area contributed by atoms with Crippen LogP contribution < -0.4 is 42.8 Å². The van der Waals surface area contributed by atoms with Gasteiger partial charge >= 0.3 is 0 Å². The normalized spacial score (nSPS) is 31.3. The van der Waals surface area contributed by atoms with E-state index in [9.17, 15) is 24.9 Å². The second-order valence-corrected chi connectivity index (χ2v) is 31.8. The van der Waals surface area contributed by atoms with Crippen LogP contribution in [0.3, 0.4) is 0 Å². The molecular formula is C78H104N8O6S2. The Bertz CT molecular complexity index is 3400. The molecule has 0 aromatic heterocycles. The maximum Gasteiger partial charge on any atom is 0.189 e. The molecule has 0 bridgehead atoms. The van der Waals surface area contributed by atoms with Gasteiger partial charge < -0.3 is 58.1 Å². The van der Waals surface area contributed by atoms with E-state index >= 15 is 0 Å². The second kappa shape index (κ2) is 31.7. The first-order valence-corrected chi connectivity index (χ1v) is 37.9. The fraction of sp³-hybridized carbons (Fsp3) is 0.551. The number of hydrogen-bond donors (Lipinski definition) is 10. The lowest BCUT2D eigenvalue weighted by molar-refractivity contribution is -0.126. The van der Waals surface area contributed by atoms with Crippen LogP contribution in [0.1, 0.15) is 124 Å². The van der Waals surface area contributed by atoms with Crippen molar-refractivity contribution < 1.29 is 29.6 Å². The van der Waals surface area contributed by atoms with Crippen molar-refractivity contribution in [1.29, 1.82) is 0 Å². The summed E-state index contributed by atoms with van der Waals surface area (Å²) >= 11 is 0. The number of nitrogens with one attached hydrogen (secondary N) is 5. The first kappa shape index (κ1) is 68.3. The van der Waals surface area contributed by atoms with Crippen LogP contribution in [0.5, 0.6) is 11.5 Å². The fourth-order valence-electron chi connectivity index (χ4n) is 19.5. The first-order valence-electron chi connectivity index (χ1n) is 35.4. The van der Waals surface area contributed by atoms with Crippen LogP contribution in [0, 0.1) is 64.1 Å². The molecule has 0 radical (unpaired) electrons. The van der Waals surface area contributed by atoms with Gasteiger partial charge in [0.25, 0.3) is 0 Å². The zero-order valence-corrected chi connectivity index (χ0v) is 57.1. The van der Waals surface area contributed by atoms with Gasteiger partial charge in [0.1, 0.15) is 5.78 Å². The minimum absolute atomic E-state index is 0.00557. The average Bonchev–Trinajstić information content (AvgIpc) is 1.53. The SMILES string of the molecule is COc1cc(/C(=C/C(=O)CC(=O)C[C@H]2CC[C@@H]3[C@](C[C@H]4[C@@H]5CCNC[C@@H]5C[C@@H]5C=CCN[C@@H]45)(C2)C[C@@H](NC[C@H](C)O)[C@@]32CC[C@@H]([C@H]3CNC(N)=NCSSC[C@@H]3Cc3ccccc3)C2)CO)c(CC2=CNC(N)C=C2CCc2cccc(CCc3ccccc3)c2)cc1O. The van der Waals surface area contributed by atoms with Gasteiger partial charge in [-0.25, -0.2) is 4.99 Å². The summed E-state index contributed by atoms with van der Waals surface area (Å²) < 4.78 is 5.64. The predicted molar refractivity (Wildman–Crippen MR) is 383 cm³/mol. The van der Waals surface area contributed by atoms with Gasteiger partial charge in [0.15, 0.2) is 23.2 Å². The summed E-state index contributed by atoms with van der Waals surface area (Å²) in [4.78, 5) is 34.0. The lowest BCUT2D eigenvalue weighted by atomic mass is 9.52. The van der Waals surface area contributed by atoms with Crippen molar-refractivity contribution in [3.8, 4) is 11.5 Å². The highest BCUT2D eigenvalue weighted by molar-refractivity contribution is 8.76. The van der Waals surface area contributed by atoms with Crippen LogP contribution in [0.15, 0.2) is 144 Å². The number of carbonyl (C=O) groups excluding carboxylic acids is 2. The molecule has 16 heteroatoms. The molecule has 15 atom stereocenters. The van der Waals surface area contributed by atoms with Crippen molar-refractivity contribution in [3.05, 3.63) is 172 Å². The number of nitrogens with two attached hydrogens (primary N) is 2. The topological polar surface area (TPSA) is 229 Å². The summed E-state index contributed by atoms with van der Waals surface area (Å²) in [6, 6.07) is 34.4. The number of benzene rings is 4. The van der Waals surface area contributed by atoms with E-state index in [1.807, 2.05) is 23.9 Å². The number of carbonyl (C=O) groups is 2. The van der Waals surface area contributed by atoms with Gasteiger partial charge in [0.2, 0.25) is 0 Å². The quantitative estimate of drug-likeness (QED) is 0.0136. The Labute approximate surface area is 566 Å². The molecular weight excluding hydrogens is 1210 g/mol. The van der Waals surface area contributed by atoms with Crippen molar-refractivity contribution in [3.63, 3.8) is 0 Å². The minimum atomic E-state index is -0.488. The molecule has 1 spiro atoms. The molecule has 504 valence electrons. The summed E-state index contributed by atoms with van der Waals surface area (Å²) in [6.07, 6.45) is 25.2. The Morgan fingerprint density at radius 2 is 1.65 bits per heavy atom. The number of dihydropyridines is 1. The number of piperidine rings is 1. The molecule has 4 aliphatic carbocycles. The van der Waals surface area contributed by atoms with E-state index in [1.165, 1.54) is 48.3 Å². The number of rotatable bonds is 24. The van der Waals surface area contributed by atoms with Crippen LogP contribution in [0.25, 0.3) is 5.57 Å². The number of ketones is 2. The van der Waals surface area contributed by atoms with E-state index in [0.717, 1.165) is 127 Å². The minimum Gasteiger partial charge on any atom is -0.504 e. The van der Waals surface area contributed by atoms with E-state index in [1.54, 1.807) is 22.9 Å². The molecule has 4 aliphatic heterocycles. The number of guanidine groups is 1. The maximum atomic E-state index is 14.8. The lowest BCUT2D eigenvalue weighted by Gasteiger charge is -2.55. The van der Waals surface area contributed by atoms with Gasteiger partial charge in [-0.3, -0.25) is 9.59 Å². The third-order valence-corrected chi connectivity index (χ3v) is 25.7. The third-order valence-electron chi connectivity index (χ3n) is 23.5. The third kappa shape index (κ3) is 16.3. The molecule has 0 amide bonds. The predicted octanol–water partition coefficient (Wildman–Crippen LogP) is 10.8. The van der Waals surface area contributed by atoms with Crippen LogP contribution in [-0.2, 0) is 41.7 Å². The molecule has 4 aromatic carbocycles. The Morgan fingerprint density at radius 3 is 2.44 bits per heavy atom. The number of Topliss-reactive ketones (excluding diaryl/α,β-unsaturated/α-hetero) is 1. The van der Waals surface area contributed by atoms with Crippen LogP contribution in [-0.4, -0.2) is 115 Å². The van der Waals surface area contributed by atoms with Gasteiger partial charge in [0, 0.05) is 50.1 Å². The van der Waals surface area contributed by atoms with Crippen LogP contribution >= 0.6 is 21.6 Å². The number of aliphatic hydroxyl groups is 2. The zero-order chi connectivity index (χ0) is 65.2. The summed E-state index contributed by atoms with van der Waals surface area (Å²) in [5.41, 5.74) is 22.0. The number of hydrogen-bond acceptors (Lipinski definition) is 16.